The molecule has 0 aliphatic carbocycles. The maximum Gasteiger partial charge on any atom is 0.0240 e. The molecule has 0 aromatic heterocycles. The van der Waals surface area contributed by atoms with Crippen LogP contribution in [0.5, 0.6) is 0 Å². The number of hydrogen-bond acceptors (Lipinski definition) is 2. The zero-order chi connectivity index (χ0) is 7.94. The van der Waals surface area contributed by atoms with E-state index in [0.29, 0.717) is 0 Å². The van der Waals surface area contributed by atoms with Crippen molar-refractivity contribution >= 4 is 11.9 Å². The van der Waals surface area contributed by atoms with Crippen LogP contribution in [0.3, 0.4) is 0 Å². The molecular weight excluding hydrogens is 154 g/mol. The first kappa shape index (κ1) is 8.37. The molecule has 1 aromatic carbocycles. The van der Waals surface area contributed by atoms with Gasteiger partial charge >= 0.3 is 0 Å². The molecule has 0 saturated carbocycles. The van der Waals surface area contributed by atoms with Crippen LogP contribution >= 0.6 is 11.9 Å². The predicted molar refractivity (Wildman–Crippen MR) is 50.5 cm³/mol. The summed E-state index contributed by atoms with van der Waals surface area (Å²) < 4.78 is 3.15. The molecule has 0 radical (unpaired) electrons. The van der Waals surface area contributed by atoms with Crippen LogP contribution in [0.1, 0.15) is 0 Å². The summed E-state index contributed by atoms with van der Waals surface area (Å²) in [5.74, 6) is 0. The highest BCUT2D eigenvalue weighted by Gasteiger charge is 1.87. The topological polar surface area (TPSA) is 12.0 Å². The Labute approximate surface area is 71.6 Å². The molecule has 0 aliphatic heterocycles. The van der Waals surface area contributed by atoms with Crippen LogP contribution in [-0.2, 0) is 0 Å². The fourth-order valence-corrected chi connectivity index (χ4v) is 1.33. The van der Waals surface area contributed by atoms with Crippen LogP contribution in [-0.4, -0.2) is 6.54 Å². The molecule has 0 heterocycles. The molecule has 0 spiro atoms. The lowest BCUT2D eigenvalue weighted by atomic mass is 10.4. The quantitative estimate of drug-likeness (QED) is 0.418. The Bertz CT molecular complexity index is 208. The van der Waals surface area contributed by atoms with Gasteiger partial charge in [-0.25, -0.2) is 0 Å². The van der Waals surface area contributed by atoms with Gasteiger partial charge in [-0.05, 0) is 24.1 Å². The number of rotatable bonds is 4. The second-order valence-corrected chi connectivity index (χ2v) is 3.02. The third-order valence-corrected chi connectivity index (χ3v) is 1.98. The molecule has 0 amide bonds. The summed E-state index contributed by atoms with van der Waals surface area (Å²) in [7, 11) is 0. The van der Waals surface area contributed by atoms with E-state index in [1.54, 1.807) is 11.9 Å². The lowest BCUT2D eigenvalue weighted by molar-refractivity contribution is 1.13. The van der Waals surface area contributed by atoms with E-state index in [1.165, 1.54) is 4.90 Å². The summed E-state index contributed by atoms with van der Waals surface area (Å²) in [4.78, 5) is 1.23. The maximum absolute atomic E-state index is 3.62. The van der Waals surface area contributed by atoms with Crippen molar-refractivity contribution in [2.75, 3.05) is 6.54 Å². The zero-order valence-electron chi connectivity index (χ0n) is 6.29. The van der Waals surface area contributed by atoms with Crippen molar-refractivity contribution < 1.29 is 0 Å². The highest BCUT2D eigenvalue weighted by molar-refractivity contribution is 7.97. The lowest BCUT2D eigenvalue weighted by Gasteiger charge is -1.98. The number of nitrogens with one attached hydrogen (secondary N) is 1. The van der Waals surface area contributed by atoms with E-state index < -0.39 is 0 Å². The Kier molecular flexibility index (Phi) is 3.80. The molecule has 1 nitrogen and oxygen atoms in total. The van der Waals surface area contributed by atoms with E-state index in [1.807, 2.05) is 24.3 Å². The Balaban J connectivity index is 2.33. The zero-order valence-corrected chi connectivity index (χ0v) is 7.10. The Morgan fingerprint density at radius 1 is 1.36 bits per heavy atom. The van der Waals surface area contributed by atoms with E-state index in [0.717, 1.165) is 6.54 Å². The molecule has 0 saturated heterocycles. The van der Waals surface area contributed by atoms with Crippen LogP contribution in [0.15, 0.2) is 47.9 Å². The monoisotopic (exact) mass is 165 g/mol. The SMILES string of the molecule is C=CCNSc1ccccc1. The summed E-state index contributed by atoms with van der Waals surface area (Å²) in [6.07, 6.45) is 1.84. The standard InChI is InChI=1S/C9H11NS/c1-2-8-10-11-9-6-4-3-5-7-9/h2-7,10H,1,8H2. The van der Waals surface area contributed by atoms with E-state index in [2.05, 4.69) is 23.4 Å². The van der Waals surface area contributed by atoms with Crippen molar-refractivity contribution in [1.29, 1.82) is 0 Å². The van der Waals surface area contributed by atoms with Crippen molar-refractivity contribution in [2.24, 2.45) is 0 Å². The lowest BCUT2D eigenvalue weighted by Crippen LogP contribution is -2.00. The van der Waals surface area contributed by atoms with E-state index in [-0.39, 0.29) is 0 Å². The minimum Gasteiger partial charge on any atom is -0.256 e. The van der Waals surface area contributed by atoms with Gasteiger partial charge in [0.15, 0.2) is 0 Å². The third-order valence-electron chi connectivity index (χ3n) is 1.16. The summed E-state index contributed by atoms with van der Waals surface area (Å²) in [5.41, 5.74) is 0. The van der Waals surface area contributed by atoms with E-state index >= 15 is 0 Å². The Hall–Kier alpha value is -0.730. The minimum atomic E-state index is 0.833. The van der Waals surface area contributed by atoms with Gasteiger partial charge in [-0.1, -0.05) is 24.3 Å². The van der Waals surface area contributed by atoms with E-state index in [4.69, 9.17) is 0 Å². The largest absolute Gasteiger partial charge is 0.256 e. The summed E-state index contributed by atoms with van der Waals surface area (Å²) >= 11 is 1.62. The van der Waals surface area contributed by atoms with Crippen LogP contribution in [0.25, 0.3) is 0 Å². The first-order chi connectivity index (χ1) is 5.43. The Morgan fingerprint density at radius 2 is 2.09 bits per heavy atom. The number of hydrogen-bond donors (Lipinski definition) is 1. The average molecular weight is 165 g/mol. The summed E-state index contributed by atoms with van der Waals surface area (Å²) in [6, 6.07) is 10.2. The van der Waals surface area contributed by atoms with Gasteiger partial charge in [0, 0.05) is 11.4 Å². The first-order valence-electron chi connectivity index (χ1n) is 3.49. The molecule has 58 valence electrons. The molecule has 0 atom stereocenters. The van der Waals surface area contributed by atoms with Crippen molar-refractivity contribution in [3.05, 3.63) is 43.0 Å². The van der Waals surface area contributed by atoms with Crippen molar-refractivity contribution in [3.63, 3.8) is 0 Å². The van der Waals surface area contributed by atoms with Gasteiger partial charge in [-0.15, -0.1) is 6.58 Å². The van der Waals surface area contributed by atoms with Gasteiger partial charge in [0.2, 0.25) is 0 Å². The minimum absolute atomic E-state index is 0.833. The fraction of sp³-hybridized carbons (Fsp3) is 0.111. The molecule has 0 fully saturated rings. The number of benzene rings is 1. The molecule has 1 aromatic rings. The molecule has 1 rings (SSSR count). The average Bonchev–Trinajstić information content (AvgIpc) is 2.07. The summed E-state index contributed by atoms with van der Waals surface area (Å²) in [6.45, 7) is 4.45. The van der Waals surface area contributed by atoms with Gasteiger partial charge in [0.25, 0.3) is 0 Å². The first-order valence-corrected chi connectivity index (χ1v) is 4.31. The molecule has 11 heavy (non-hydrogen) atoms. The van der Waals surface area contributed by atoms with Gasteiger partial charge in [-0.3, -0.25) is 4.72 Å². The second kappa shape index (κ2) is 4.99. The molecule has 0 bridgehead atoms. The normalized spacial score (nSPS) is 9.45. The van der Waals surface area contributed by atoms with Gasteiger partial charge in [-0.2, -0.15) is 0 Å². The van der Waals surface area contributed by atoms with Crippen LogP contribution in [0.2, 0.25) is 0 Å². The molecular formula is C9H11NS. The smallest absolute Gasteiger partial charge is 0.0240 e. The summed E-state index contributed by atoms with van der Waals surface area (Å²) in [5, 5.41) is 0. The van der Waals surface area contributed by atoms with Gasteiger partial charge in [0.1, 0.15) is 0 Å². The Morgan fingerprint density at radius 3 is 2.73 bits per heavy atom. The van der Waals surface area contributed by atoms with E-state index in [9.17, 15) is 0 Å². The molecule has 0 aliphatic rings. The third kappa shape index (κ3) is 3.25. The van der Waals surface area contributed by atoms with Crippen LogP contribution in [0, 0.1) is 0 Å². The van der Waals surface area contributed by atoms with Crippen LogP contribution in [0.4, 0.5) is 0 Å². The molecule has 1 N–H and O–H groups in total. The molecule has 2 heteroatoms. The predicted octanol–water partition coefficient (Wildman–Crippen LogP) is 2.47. The second-order valence-electron chi connectivity index (χ2n) is 2.05. The fourth-order valence-electron chi connectivity index (χ4n) is 0.672. The highest BCUT2D eigenvalue weighted by Crippen LogP contribution is 2.11. The maximum atomic E-state index is 3.62. The van der Waals surface area contributed by atoms with Gasteiger partial charge in [0.05, 0.1) is 0 Å². The van der Waals surface area contributed by atoms with Crippen LogP contribution < -0.4 is 4.72 Å². The van der Waals surface area contributed by atoms with Crippen molar-refractivity contribution in [1.82, 2.24) is 4.72 Å². The van der Waals surface area contributed by atoms with Crippen molar-refractivity contribution in [2.45, 2.75) is 4.90 Å². The molecule has 0 unspecified atom stereocenters. The van der Waals surface area contributed by atoms with Crippen molar-refractivity contribution in [3.8, 4) is 0 Å². The highest BCUT2D eigenvalue weighted by atomic mass is 32.2. The van der Waals surface area contributed by atoms with Gasteiger partial charge < -0.3 is 0 Å².